The Labute approximate surface area is 199 Å². The maximum atomic E-state index is 13.8. The van der Waals surface area contributed by atoms with Crippen LogP contribution in [0.1, 0.15) is 90.6 Å². The number of halogens is 4. The number of hydrogen-bond acceptors (Lipinski definition) is 4. The number of furan rings is 1. The summed E-state index contributed by atoms with van der Waals surface area (Å²) in [5.74, 6) is 0.822. The van der Waals surface area contributed by atoms with Crippen LogP contribution in [-0.2, 0) is 11.6 Å². The van der Waals surface area contributed by atoms with E-state index >= 15 is 0 Å². The third-order valence-electron chi connectivity index (χ3n) is 8.01. The van der Waals surface area contributed by atoms with Crippen molar-refractivity contribution in [1.82, 2.24) is 10.3 Å². The summed E-state index contributed by atoms with van der Waals surface area (Å²) >= 11 is 6.45. The topological polar surface area (TPSA) is 68.3 Å². The number of rotatable bonds is 4. The average molecular weight is 493 g/mol. The molecule has 2 bridgehead atoms. The third kappa shape index (κ3) is 3.44. The van der Waals surface area contributed by atoms with Crippen molar-refractivity contribution in [2.45, 2.75) is 81.3 Å². The standard InChI is InChI=1S/C25H24ClF3N2O3/c1-13-12-30-22(33-13)23-4-7-24(8-5-23,9-6-23)31-21(32)20-18(26)16-10-15(14-2-3-14)11-17(19(16)34-20)25(27,28)29/h10-12,14H,2-9H2,1H3,(H,31,32). The van der Waals surface area contributed by atoms with E-state index in [9.17, 15) is 18.0 Å². The van der Waals surface area contributed by atoms with Crippen LogP contribution in [0, 0.1) is 6.92 Å². The summed E-state index contributed by atoms with van der Waals surface area (Å²) in [5, 5.41) is 3.15. The number of oxazole rings is 1. The number of carbonyl (C=O) groups is 1. The number of fused-ring (bicyclic) bond motifs is 4. The van der Waals surface area contributed by atoms with E-state index in [0.717, 1.165) is 69.1 Å². The van der Waals surface area contributed by atoms with Crippen LogP contribution in [0.2, 0.25) is 5.02 Å². The first-order valence-electron chi connectivity index (χ1n) is 11.7. The number of benzene rings is 1. The zero-order valence-electron chi connectivity index (χ0n) is 18.7. The van der Waals surface area contributed by atoms with Gasteiger partial charge < -0.3 is 14.2 Å². The molecule has 1 aromatic carbocycles. The number of amides is 1. The Kier molecular flexibility index (Phi) is 4.70. The number of nitrogens with zero attached hydrogens (tertiary/aromatic N) is 1. The summed E-state index contributed by atoms with van der Waals surface area (Å²) < 4.78 is 52.7. The number of aryl methyl sites for hydroxylation is 1. The molecule has 4 saturated carbocycles. The molecule has 2 heterocycles. The molecule has 0 spiro atoms. The summed E-state index contributed by atoms with van der Waals surface area (Å²) in [5.41, 5.74) is -1.22. The van der Waals surface area contributed by atoms with Gasteiger partial charge in [0, 0.05) is 16.3 Å². The Hall–Kier alpha value is -2.48. The average Bonchev–Trinajstić information content (AvgIpc) is 3.48. The van der Waals surface area contributed by atoms with Crippen molar-refractivity contribution in [3.63, 3.8) is 0 Å². The summed E-state index contributed by atoms with van der Waals surface area (Å²) in [6.07, 6.45) is 3.50. The first-order valence-corrected chi connectivity index (χ1v) is 12.1. The Morgan fingerprint density at radius 1 is 1.12 bits per heavy atom. The fourth-order valence-corrected chi connectivity index (χ4v) is 6.06. The molecule has 0 aliphatic heterocycles. The van der Waals surface area contributed by atoms with Crippen LogP contribution in [0.15, 0.2) is 27.2 Å². The van der Waals surface area contributed by atoms with E-state index in [1.54, 1.807) is 12.3 Å². The van der Waals surface area contributed by atoms with Crippen LogP contribution in [0.5, 0.6) is 0 Å². The third-order valence-corrected chi connectivity index (χ3v) is 8.39. The second-order valence-corrected chi connectivity index (χ2v) is 10.6. The van der Waals surface area contributed by atoms with Crippen LogP contribution in [0.25, 0.3) is 11.0 Å². The summed E-state index contributed by atoms with van der Waals surface area (Å²) in [6, 6.07) is 2.77. The minimum absolute atomic E-state index is 0.0619. The van der Waals surface area contributed by atoms with Gasteiger partial charge >= 0.3 is 6.18 Å². The second kappa shape index (κ2) is 7.26. The van der Waals surface area contributed by atoms with Gasteiger partial charge in [0.1, 0.15) is 11.3 Å². The molecule has 5 nitrogen and oxygen atoms in total. The highest BCUT2D eigenvalue weighted by Gasteiger charge is 2.52. The predicted octanol–water partition coefficient (Wildman–Crippen LogP) is 7.05. The van der Waals surface area contributed by atoms with Gasteiger partial charge in [0.2, 0.25) is 11.7 Å². The van der Waals surface area contributed by atoms with Gasteiger partial charge in [0.15, 0.2) is 0 Å². The normalized spacial score (nSPS) is 26.9. The van der Waals surface area contributed by atoms with E-state index in [0.29, 0.717) is 5.56 Å². The molecule has 0 atom stereocenters. The van der Waals surface area contributed by atoms with Crippen molar-refractivity contribution in [3.05, 3.63) is 51.9 Å². The molecule has 0 radical (unpaired) electrons. The van der Waals surface area contributed by atoms with E-state index in [2.05, 4.69) is 10.3 Å². The Balaban J connectivity index is 1.28. The minimum atomic E-state index is -4.61. The molecule has 4 fully saturated rings. The van der Waals surface area contributed by atoms with E-state index in [-0.39, 0.29) is 33.1 Å². The van der Waals surface area contributed by atoms with E-state index < -0.39 is 23.2 Å². The lowest BCUT2D eigenvalue weighted by Crippen LogP contribution is -2.57. The number of carbonyl (C=O) groups excluding carboxylic acids is 1. The maximum absolute atomic E-state index is 13.8. The van der Waals surface area contributed by atoms with Gasteiger partial charge in [-0.15, -0.1) is 0 Å². The molecule has 2 aromatic heterocycles. The highest BCUT2D eigenvalue weighted by Crippen LogP contribution is 2.53. The Morgan fingerprint density at radius 3 is 2.35 bits per heavy atom. The number of hydrogen-bond donors (Lipinski definition) is 1. The van der Waals surface area contributed by atoms with Crippen LogP contribution in [-0.4, -0.2) is 16.4 Å². The van der Waals surface area contributed by atoms with E-state index in [4.69, 9.17) is 20.4 Å². The molecule has 34 heavy (non-hydrogen) atoms. The largest absolute Gasteiger partial charge is 0.449 e. The Bertz CT molecular complexity index is 1280. The van der Waals surface area contributed by atoms with Crippen molar-refractivity contribution in [1.29, 1.82) is 0 Å². The van der Waals surface area contributed by atoms with Crippen LogP contribution >= 0.6 is 11.6 Å². The maximum Gasteiger partial charge on any atom is 0.420 e. The van der Waals surface area contributed by atoms with Gasteiger partial charge in [-0.3, -0.25) is 4.79 Å². The van der Waals surface area contributed by atoms with E-state index in [1.165, 1.54) is 0 Å². The molecule has 7 rings (SSSR count). The molecule has 180 valence electrons. The number of alkyl halides is 3. The van der Waals surface area contributed by atoms with Gasteiger partial charge in [0.05, 0.1) is 16.8 Å². The lowest BCUT2D eigenvalue weighted by Gasteiger charge is -2.52. The van der Waals surface area contributed by atoms with Crippen molar-refractivity contribution in [2.24, 2.45) is 0 Å². The second-order valence-electron chi connectivity index (χ2n) is 10.3. The first kappa shape index (κ1) is 22.0. The zero-order chi connectivity index (χ0) is 23.9. The van der Waals surface area contributed by atoms with Gasteiger partial charge in [-0.05, 0) is 81.9 Å². The number of nitrogens with one attached hydrogen (secondary N) is 1. The molecular weight excluding hydrogens is 469 g/mol. The number of aromatic nitrogens is 1. The van der Waals surface area contributed by atoms with Crippen LogP contribution in [0.4, 0.5) is 13.2 Å². The van der Waals surface area contributed by atoms with Crippen molar-refractivity contribution in [2.75, 3.05) is 0 Å². The quantitative estimate of drug-likeness (QED) is 0.423. The molecule has 9 heteroatoms. The van der Waals surface area contributed by atoms with Crippen LogP contribution in [0.3, 0.4) is 0 Å². The molecule has 0 saturated heterocycles. The fraction of sp³-hybridized carbons (Fsp3) is 0.520. The van der Waals surface area contributed by atoms with Crippen molar-refractivity contribution < 1.29 is 26.8 Å². The van der Waals surface area contributed by atoms with Gasteiger partial charge in [0.25, 0.3) is 5.91 Å². The smallest absolute Gasteiger partial charge is 0.420 e. The van der Waals surface area contributed by atoms with Crippen molar-refractivity contribution in [3.8, 4) is 0 Å². The highest BCUT2D eigenvalue weighted by molar-refractivity contribution is 6.38. The monoisotopic (exact) mass is 492 g/mol. The van der Waals surface area contributed by atoms with Gasteiger partial charge in [-0.25, -0.2) is 4.98 Å². The lowest BCUT2D eigenvalue weighted by molar-refractivity contribution is -0.136. The van der Waals surface area contributed by atoms with Crippen molar-refractivity contribution >= 4 is 28.5 Å². The summed E-state index contributed by atoms with van der Waals surface area (Å²) in [4.78, 5) is 17.7. The molecule has 4 aliphatic rings. The van der Waals surface area contributed by atoms with Gasteiger partial charge in [-0.2, -0.15) is 13.2 Å². The summed E-state index contributed by atoms with van der Waals surface area (Å²) in [7, 11) is 0. The van der Waals surface area contributed by atoms with E-state index in [1.807, 2.05) is 6.92 Å². The minimum Gasteiger partial charge on any atom is -0.449 e. The highest BCUT2D eigenvalue weighted by atomic mass is 35.5. The molecule has 3 aromatic rings. The zero-order valence-corrected chi connectivity index (χ0v) is 19.4. The first-order chi connectivity index (χ1) is 16.1. The molecule has 0 unspecified atom stereocenters. The lowest BCUT2D eigenvalue weighted by atomic mass is 9.57. The Morgan fingerprint density at radius 2 is 1.79 bits per heavy atom. The molecule has 1 amide bonds. The SMILES string of the molecule is Cc1cnc(C23CCC(NC(=O)c4oc5c(C(F)(F)F)cc(C6CC6)cc5c4Cl)(CC2)CC3)o1. The van der Waals surface area contributed by atoms with Crippen LogP contribution < -0.4 is 5.32 Å². The summed E-state index contributed by atoms with van der Waals surface area (Å²) in [6.45, 7) is 1.87. The van der Waals surface area contributed by atoms with Gasteiger partial charge in [-0.1, -0.05) is 11.6 Å². The predicted molar refractivity (Wildman–Crippen MR) is 119 cm³/mol. The molecular formula is C25H24ClF3N2O3. The molecule has 4 aliphatic carbocycles. The molecule has 1 N–H and O–H groups in total. The fourth-order valence-electron chi connectivity index (χ4n) is 5.79.